The van der Waals surface area contributed by atoms with Crippen molar-refractivity contribution in [1.82, 2.24) is 10.2 Å². The van der Waals surface area contributed by atoms with Gasteiger partial charge in [0.2, 0.25) is 0 Å². The minimum Gasteiger partial charge on any atom is -0.373 e. The second-order valence-electron chi connectivity index (χ2n) is 4.39. The van der Waals surface area contributed by atoms with Crippen LogP contribution in [0, 0.1) is 0 Å². The van der Waals surface area contributed by atoms with Crippen molar-refractivity contribution in [2.45, 2.75) is 32.1 Å². The zero-order chi connectivity index (χ0) is 9.97. The van der Waals surface area contributed by atoms with Crippen molar-refractivity contribution in [2.75, 3.05) is 31.3 Å². The van der Waals surface area contributed by atoms with Crippen LogP contribution in [0.5, 0.6) is 0 Å². The van der Waals surface area contributed by atoms with Crippen LogP contribution in [-0.4, -0.2) is 54.4 Å². The Hall–Kier alpha value is 0.230. The monoisotopic (exact) mass is 216 g/mol. The van der Waals surface area contributed by atoms with Crippen molar-refractivity contribution in [3.05, 3.63) is 0 Å². The van der Waals surface area contributed by atoms with Crippen LogP contribution in [0.15, 0.2) is 0 Å². The molecule has 2 heterocycles. The zero-order valence-corrected chi connectivity index (χ0v) is 9.85. The molecule has 3 nitrogen and oxygen atoms in total. The average Bonchev–Trinajstić information content (AvgIpc) is 2.54. The lowest BCUT2D eigenvalue weighted by Crippen LogP contribution is -2.49. The Bertz CT molecular complexity index is 175. The third-order valence-electron chi connectivity index (χ3n) is 2.77. The molecule has 0 radical (unpaired) electrons. The van der Waals surface area contributed by atoms with Gasteiger partial charge in [-0.05, 0) is 13.8 Å². The topological polar surface area (TPSA) is 24.5 Å². The molecule has 14 heavy (non-hydrogen) atoms. The highest BCUT2D eigenvalue weighted by Crippen LogP contribution is 2.14. The average molecular weight is 216 g/mol. The summed E-state index contributed by atoms with van der Waals surface area (Å²) in [5.74, 6) is 2.39. The van der Waals surface area contributed by atoms with E-state index < -0.39 is 0 Å². The highest BCUT2D eigenvalue weighted by molar-refractivity contribution is 7.99. The third-order valence-corrected chi connectivity index (χ3v) is 3.78. The molecule has 4 heteroatoms. The van der Waals surface area contributed by atoms with Gasteiger partial charge < -0.3 is 10.1 Å². The number of nitrogens with zero attached hydrogens (tertiary/aromatic N) is 1. The maximum atomic E-state index is 5.71. The van der Waals surface area contributed by atoms with E-state index in [1.165, 1.54) is 12.3 Å². The Labute approximate surface area is 90.6 Å². The molecule has 0 saturated carbocycles. The fourth-order valence-electron chi connectivity index (χ4n) is 2.30. The van der Waals surface area contributed by atoms with E-state index in [2.05, 4.69) is 24.1 Å². The Morgan fingerprint density at radius 1 is 1.36 bits per heavy atom. The van der Waals surface area contributed by atoms with E-state index in [1.54, 1.807) is 0 Å². The predicted molar refractivity (Wildman–Crippen MR) is 60.7 cm³/mol. The molecule has 2 aliphatic heterocycles. The predicted octanol–water partition coefficient (Wildman–Crippen LogP) is 0.758. The zero-order valence-electron chi connectivity index (χ0n) is 9.03. The van der Waals surface area contributed by atoms with E-state index in [-0.39, 0.29) is 0 Å². The summed E-state index contributed by atoms with van der Waals surface area (Å²) in [6.07, 6.45) is 0.792. The van der Waals surface area contributed by atoms with Gasteiger partial charge in [0.05, 0.1) is 12.2 Å². The van der Waals surface area contributed by atoms with Crippen LogP contribution in [0.3, 0.4) is 0 Å². The molecular formula is C10H20N2OS. The lowest BCUT2D eigenvalue weighted by Gasteiger charge is -2.36. The molecule has 0 spiro atoms. The molecule has 2 aliphatic rings. The Morgan fingerprint density at radius 3 is 2.64 bits per heavy atom. The first-order valence-electron chi connectivity index (χ1n) is 5.43. The van der Waals surface area contributed by atoms with Gasteiger partial charge in [0.15, 0.2) is 0 Å². The smallest absolute Gasteiger partial charge is 0.0678 e. The van der Waals surface area contributed by atoms with E-state index in [4.69, 9.17) is 4.74 Å². The number of hydrogen-bond donors (Lipinski definition) is 1. The van der Waals surface area contributed by atoms with Crippen LogP contribution in [-0.2, 0) is 4.74 Å². The van der Waals surface area contributed by atoms with Gasteiger partial charge in [-0.2, -0.15) is 0 Å². The van der Waals surface area contributed by atoms with Crippen molar-refractivity contribution >= 4 is 11.8 Å². The molecule has 0 aromatic carbocycles. The number of nitrogens with one attached hydrogen (secondary N) is 1. The summed E-state index contributed by atoms with van der Waals surface area (Å²) in [6.45, 7) is 7.70. The highest BCUT2D eigenvalue weighted by Gasteiger charge is 2.25. The second kappa shape index (κ2) is 4.84. The lowest BCUT2D eigenvalue weighted by atomic mass is 10.2. The van der Waals surface area contributed by atoms with E-state index in [0.717, 1.165) is 19.0 Å². The summed E-state index contributed by atoms with van der Waals surface area (Å²) >= 11 is 2.00. The minimum atomic E-state index is 0.396. The molecule has 3 atom stereocenters. The van der Waals surface area contributed by atoms with Crippen molar-refractivity contribution in [3.63, 3.8) is 0 Å². The third kappa shape index (κ3) is 2.86. The molecule has 1 N–H and O–H groups in total. The number of rotatable bonds is 2. The van der Waals surface area contributed by atoms with Crippen molar-refractivity contribution < 1.29 is 4.74 Å². The minimum absolute atomic E-state index is 0.396. The summed E-state index contributed by atoms with van der Waals surface area (Å²) in [7, 11) is 0. The Morgan fingerprint density at radius 2 is 2.07 bits per heavy atom. The van der Waals surface area contributed by atoms with Gasteiger partial charge in [0.25, 0.3) is 0 Å². The van der Waals surface area contributed by atoms with E-state index in [0.29, 0.717) is 18.2 Å². The first-order valence-corrected chi connectivity index (χ1v) is 6.58. The molecule has 2 fully saturated rings. The molecular weight excluding hydrogens is 196 g/mol. The molecule has 82 valence electrons. The second-order valence-corrected chi connectivity index (χ2v) is 5.42. The van der Waals surface area contributed by atoms with Crippen LogP contribution in [0.25, 0.3) is 0 Å². The van der Waals surface area contributed by atoms with E-state index in [1.807, 2.05) is 11.8 Å². The van der Waals surface area contributed by atoms with Gasteiger partial charge in [-0.3, -0.25) is 4.90 Å². The maximum absolute atomic E-state index is 5.71. The number of ether oxygens (including phenoxy) is 1. The first kappa shape index (κ1) is 10.7. The van der Waals surface area contributed by atoms with E-state index >= 15 is 0 Å². The Balaban J connectivity index is 1.78. The molecule has 0 aliphatic carbocycles. The molecule has 0 amide bonds. The maximum Gasteiger partial charge on any atom is 0.0678 e. The number of thioether (sulfide) groups is 1. The van der Waals surface area contributed by atoms with Crippen molar-refractivity contribution in [1.29, 1.82) is 0 Å². The summed E-state index contributed by atoms with van der Waals surface area (Å²) in [5.41, 5.74) is 0. The van der Waals surface area contributed by atoms with Gasteiger partial charge in [0.1, 0.15) is 0 Å². The molecule has 3 unspecified atom stereocenters. The van der Waals surface area contributed by atoms with Crippen LogP contribution < -0.4 is 5.32 Å². The van der Waals surface area contributed by atoms with Gasteiger partial charge in [-0.25, -0.2) is 0 Å². The van der Waals surface area contributed by atoms with Gasteiger partial charge in [-0.15, -0.1) is 11.8 Å². The fourth-order valence-corrected chi connectivity index (χ4v) is 3.28. The summed E-state index contributed by atoms with van der Waals surface area (Å²) in [4.78, 5) is 2.53. The van der Waals surface area contributed by atoms with Crippen LogP contribution >= 0.6 is 11.8 Å². The summed E-state index contributed by atoms with van der Waals surface area (Å²) in [5, 5.41) is 3.51. The molecule has 0 bridgehead atoms. The van der Waals surface area contributed by atoms with E-state index in [9.17, 15) is 0 Å². The molecule has 0 aromatic heterocycles. The van der Waals surface area contributed by atoms with Gasteiger partial charge in [-0.1, -0.05) is 0 Å². The first-order chi connectivity index (χ1) is 6.74. The molecule has 2 rings (SSSR count). The van der Waals surface area contributed by atoms with Gasteiger partial charge >= 0.3 is 0 Å². The standard InChI is InChI=1S/C10H20N2OS/c1-8-3-12(4-9(2)13-8)5-10-6-14-7-11-10/h8-11H,3-7H2,1-2H3. The van der Waals surface area contributed by atoms with Crippen LogP contribution in [0.2, 0.25) is 0 Å². The quantitative estimate of drug-likeness (QED) is 0.736. The summed E-state index contributed by atoms with van der Waals surface area (Å²) < 4.78 is 5.71. The van der Waals surface area contributed by atoms with Crippen molar-refractivity contribution in [3.8, 4) is 0 Å². The molecule has 2 saturated heterocycles. The number of morpholine rings is 1. The lowest BCUT2D eigenvalue weighted by molar-refractivity contribution is -0.0691. The highest BCUT2D eigenvalue weighted by atomic mass is 32.2. The largest absolute Gasteiger partial charge is 0.373 e. The Kier molecular flexibility index (Phi) is 3.71. The van der Waals surface area contributed by atoms with Gasteiger partial charge in [0, 0.05) is 37.3 Å². The molecule has 0 aromatic rings. The fraction of sp³-hybridized carbons (Fsp3) is 1.00. The van der Waals surface area contributed by atoms with Crippen molar-refractivity contribution in [2.24, 2.45) is 0 Å². The van der Waals surface area contributed by atoms with Crippen LogP contribution in [0.1, 0.15) is 13.8 Å². The number of hydrogen-bond acceptors (Lipinski definition) is 4. The van der Waals surface area contributed by atoms with Crippen LogP contribution in [0.4, 0.5) is 0 Å². The SMILES string of the molecule is CC1CN(CC2CSCN2)CC(C)O1. The normalized spacial score (nSPS) is 40.3. The summed E-state index contributed by atoms with van der Waals surface area (Å²) in [6, 6.07) is 0.692.